The van der Waals surface area contributed by atoms with E-state index in [9.17, 15) is 13.2 Å². The van der Waals surface area contributed by atoms with E-state index in [2.05, 4.69) is 10.0 Å². The largest absolute Gasteiger partial charge is 0.355 e. The number of rotatable bonds is 8. The minimum atomic E-state index is -3.39. The molecule has 0 aliphatic heterocycles. The van der Waals surface area contributed by atoms with Crippen molar-refractivity contribution in [3.8, 4) is 0 Å². The third kappa shape index (κ3) is 6.67. The molecule has 0 aromatic heterocycles. The van der Waals surface area contributed by atoms with Crippen molar-refractivity contribution < 1.29 is 13.2 Å². The molecule has 20 heavy (non-hydrogen) atoms. The molecule has 0 aromatic carbocycles. The van der Waals surface area contributed by atoms with Crippen LogP contribution < -0.4 is 10.0 Å². The van der Waals surface area contributed by atoms with E-state index in [0.29, 0.717) is 18.9 Å². The molecule has 0 bridgehead atoms. The van der Waals surface area contributed by atoms with Crippen molar-refractivity contribution in [3.05, 3.63) is 0 Å². The third-order valence-corrected chi connectivity index (χ3v) is 5.25. The first-order valence-corrected chi connectivity index (χ1v) is 8.79. The van der Waals surface area contributed by atoms with Crippen LogP contribution in [-0.4, -0.2) is 45.8 Å². The van der Waals surface area contributed by atoms with Crippen molar-refractivity contribution in [2.75, 3.05) is 27.2 Å². The van der Waals surface area contributed by atoms with Gasteiger partial charge in [0.25, 0.3) is 10.2 Å². The molecule has 0 radical (unpaired) electrons. The number of hydrogen-bond acceptors (Lipinski definition) is 3. The summed E-state index contributed by atoms with van der Waals surface area (Å²) in [5.41, 5.74) is 0. The molecular weight excluding hydrogens is 278 g/mol. The summed E-state index contributed by atoms with van der Waals surface area (Å²) in [6.07, 6.45) is 7.90. The number of amides is 1. The highest BCUT2D eigenvalue weighted by atomic mass is 32.2. The molecule has 118 valence electrons. The average Bonchev–Trinajstić information content (AvgIpc) is 2.42. The van der Waals surface area contributed by atoms with Crippen LogP contribution in [0.25, 0.3) is 0 Å². The number of nitrogens with one attached hydrogen (secondary N) is 2. The van der Waals surface area contributed by atoms with Gasteiger partial charge in [-0.1, -0.05) is 32.1 Å². The van der Waals surface area contributed by atoms with Crippen molar-refractivity contribution in [1.29, 1.82) is 0 Å². The summed E-state index contributed by atoms with van der Waals surface area (Å²) >= 11 is 0. The van der Waals surface area contributed by atoms with Gasteiger partial charge in [-0.05, 0) is 12.3 Å². The van der Waals surface area contributed by atoms with Crippen molar-refractivity contribution >= 4 is 16.1 Å². The highest BCUT2D eigenvalue weighted by Crippen LogP contribution is 2.27. The zero-order valence-corrected chi connectivity index (χ0v) is 13.3. The van der Waals surface area contributed by atoms with Crippen LogP contribution in [0.1, 0.15) is 44.9 Å². The van der Waals surface area contributed by atoms with Gasteiger partial charge in [0, 0.05) is 33.6 Å². The Labute approximate surface area is 122 Å². The predicted octanol–water partition coefficient (Wildman–Crippen LogP) is 0.859. The van der Waals surface area contributed by atoms with Gasteiger partial charge in [0.1, 0.15) is 0 Å². The van der Waals surface area contributed by atoms with E-state index >= 15 is 0 Å². The second-order valence-corrected chi connectivity index (χ2v) is 7.54. The lowest BCUT2D eigenvalue weighted by molar-refractivity contribution is -0.121. The molecule has 1 fully saturated rings. The maximum Gasteiger partial charge on any atom is 0.278 e. The van der Waals surface area contributed by atoms with Gasteiger partial charge >= 0.3 is 0 Å². The molecule has 0 saturated heterocycles. The van der Waals surface area contributed by atoms with Gasteiger partial charge in [-0.25, -0.2) is 4.72 Å². The molecule has 0 atom stereocenters. The fourth-order valence-corrected chi connectivity index (χ4v) is 3.03. The van der Waals surface area contributed by atoms with Crippen molar-refractivity contribution in [1.82, 2.24) is 14.3 Å². The van der Waals surface area contributed by atoms with E-state index in [0.717, 1.165) is 10.7 Å². The van der Waals surface area contributed by atoms with E-state index in [-0.39, 0.29) is 12.5 Å². The normalized spacial score (nSPS) is 17.4. The minimum Gasteiger partial charge on any atom is -0.355 e. The van der Waals surface area contributed by atoms with Crippen LogP contribution in [0.15, 0.2) is 0 Å². The molecule has 0 spiro atoms. The number of hydrogen-bond donors (Lipinski definition) is 2. The van der Waals surface area contributed by atoms with Crippen molar-refractivity contribution in [3.63, 3.8) is 0 Å². The summed E-state index contributed by atoms with van der Waals surface area (Å²) in [6.45, 7) is 0.548. The molecular formula is C13H27N3O3S. The van der Waals surface area contributed by atoms with Crippen LogP contribution in [0.3, 0.4) is 0 Å². The summed E-state index contributed by atoms with van der Waals surface area (Å²) in [6, 6.07) is 0. The molecule has 0 aromatic rings. The number of nitrogens with zero attached hydrogens (tertiary/aromatic N) is 1. The lowest BCUT2D eigenvalue weighted by atomic mass is 9.86. The zero-order valence-electron chi connectivity index (χ0n) is 12.5. The zero-order chi connectivity index (χ0) is 15.0. The maximum absolute atomic E-state index is 11.6. The van der Waals surface area contributed by atoms with E-state index in [4.69, 9.17) is 0 Å². The molecule has 6 nitrogen and oxygen atoms in total. The van der Waals surface area contributed by atoms with Gasteiger partial charge in [0.05, 0.1) is 0 Å². The highest BCUT2D eigenvalue weighted by molar-refractivity contribution is 7.87. The fraction of sp³-hybridized carbons (Fsp3) is 0.923. The first kappa shape index (κ1) is 17.4. The summed E-state index contributed by atoms with van der Waals surface area (Å²) in [5, 5.41) is 2.75. The molecule has 2 N–H and O–H groups in total. The monoisotopic (exact) mass is 305 g/mol. The lowest BCUT2D eigenvalue weighted by Gasteiger charge is -2.21. The van der Waals surface area contributed by atoms with E-state index in [1.54, 1.807) is 0 Å². The molecule has 1 aliphatic rings. The van der Waals surface area contributed by atoms with Crippen LogP contribution >= 0.6 is 0 Å². The molecule has 0 unspecified atom stereocenters. The molecule has 1 amide bonds. The smallest absolute Gasteiger partial charge is 0.278 e. The predicted molar refractivity (Wildman–Crippen MR) is 79.4 cm³/mol. The quantitative estimate of drug-likeness (QED) is 0.653. The van der Waals surface area contributed by atoms with Gasteiger partial charge in [-0.3, -0.25) is 4.79 Å². The molecule has 1 saturated carbocycles. The first-order chi connectivity index (χ1) is 9.42. The van der Waals surface area contributed by atoms with Crippen LogP contribution in [0.4, 0.5) is 0 Å². The van der Waals surface area contributed by atoms with Crippen molar-refractivity contribution in [2.24, 2.45) is 5.92 Å². The molecule has 0 heterocycles. The van der Waals surface area contributed by atoms with Gasteiger partial charge in [-0.15, -0.1) is 0 Å². The first-order valence-electron chi connectivity index (χ1n) is 7.35. The Morgan fingerprint density at radius 3 is 2.40 bits per heavy atom. The Bertz CT molecular complexity index is 390. The van der Waals surface area contributed by atoms with E-state index in [1.165, 1.54) is 46.2 Å². The van der Waals surface area contributed by atoms with Gasteiger partial charge in [0.2, 0.25) is 5.91 Å². The fourth-order valence-electron chi connectivity index (χ4n) is 2.41. The van der Waals surface area contributed by atoms with Crippen LogP contribution in [0.5, 0.6) is 0 Å². The minimum absolute atomic E-state index is 0.0135. The Kier molecular flexibility index (Phi) is 7.47. The third-order valence-electron chi connectivity index (χ3n) is 3.72. The Morgan fingerprint density at radius 2 is 1.80 bits per heavy atom. The van der Waals surface area contributed by atoms with Gasteiger partial charge in [-0.2, -0.15) is 12.7 Å². The van der Waals surface area contributed by atoms with Gasteiger partial charge in [0.15, 0.2) is 0 Å². The average molecular weight is 305 g/mol. The standard InChI is InChI=1S/C13H27N3O3S/c1-16(2)20(18,19)15-11-10-14-13(17)9-8-12-6-4-3-5-7-12/h12,15H,3-11H2,1-2H3,(H,14,17). The SMILES string of the molecule is CN(C)S(=O)(=O)NCCNC(=O)CCC1CCCCC1. The van der Waals surface area contributed by atoms with Crippen LogP contribution in [-0.2, 0) is 15.0 Å². The molecule has 1 aliphatic carbocycles. The highest BCUT2D eigenvalue weighted by Gasteiger charge is 2.15. The van der Waals surface area contributed by atoms with Crippen LogP contribution in [0, 0.1) is 5.92 Å². The van der Waals surface area contributed by atoms with Gasteiger partial charge < -0.3 is 5.32 Å². The summed E-state index contributed by atoms with van der Waals surface area (Å²) in [7, 11) is -0.467. The second kappa shape index (κ2) is 8.59. The number of carbonyl (C=O) groups is 1. The lowest BCUT2D eigenvalue weighted by Crippen LogP contribution is -2.40. The number of carbonyl (C=O) groups excluding carboxylic acids is 1. The van der Waals surface area contributed by atoms with E-state index in [1.807, 2.05) is 0 Å². The topological polar surface area (TPSA) is 78.5 Å². The Morgan fingerprint density at radius 1 is 1.15 bits per heavy atom. The van der Waals surface area contributed by atoms with E-state index < -0.39 is 10.2 Å². The second-order valence-electron chi connectivity index (χ2n) is 5.57. The molecule has 1 rings (SSSR count). The Balaban J connectivity index is 2.08. The summed E-state index contributed by atoms with van der Waals surface area (Å²) < 4.78 is 26.3. The maximum atomic E-state index is 11.6. The molecule has 7 heteroatoms. The van der Waals surface area contributed by atoms with Crippen LogP contribution in [0.2, 0.25) is 0 Å². The summed E-state index contributed by atoms with van der Waals surface area (Å²) in [5.74, 6) is 0.710. The Hall–Kier alpha value is -0.660. The van der Waals surface area contributed by atoms with Crippen molar-refractivity contribution in [2.45, 2.75) is 44.9 Å². The summed E-state index contributed by atoms with van der Waals surface area (Å²) in [4.78, 5) is 11.6.